The van der Waals surface area contributed by atoms with Crippen LogP contribution in [0.1, 0.15) is 24.4 Å². The summed E-state index contributed by atoms with van der Waals surface area (Å²) in [6, 6.07) is 7.20. The number of aromatic nitrogens is 4. The van der Waals surface area contributed by atoms with E-state index in [9.17, 15) is 4.79 Å². The summed E-state index contributed by atoms with van der Waals surface area (Å²) in [4.78, 5) is 12.5. The molecule has 0 fully saturated rings. The van der Waals surface area contributed by atoms with Crippen LogP contribution in [0.15, 0.2) is 24.3 Å². The number of tetrazole rings is 1. The van der Waals surface area contributed by atoms with Crippen molar-refractivity contribution in [3.8, 4) is 5.75 Å². The summed E-state index contributed by atoms with van der Waals surface area (Å²) < 4.78 is 9.93. The second-order valence-electron chi connectivity index (χ2n) is 4.64. The van der Waals surface area contributed by atoms with Gasteiger partial charge in [0.2, 0.25) is 0 Å². The van der Waals surface area contributed by atoms with E-state index < -0.39 is 12.0 Å². The number of carbonyl (C=O) groups excluding carboxylic acids is 1. The molecule has 0 saturated heterocycles. The van der Waals surface area contributed by atoms with Crippen molar-refractivity contribution in [2.24, 2.45) is 5.73 Å². The first-order chi connectivity index (χ1) is 10.6. The van der Waals surface area contributed by atoms with Crippen molar-refractivity contribution >= 4 is 18.4 Å². The van der Waals surface area contributed by atoms with Crippen molar-refractivity contribution in [1.82, 2.24) is 20.2 Å². The Morgan fingerprint density at radius 2 is 2.04 bits per heavy atom. The maximum atomic E-state index is 11.3. The molecule has 0 unspecified atom stereocenters. The molecule has 1 atom stereocenters. The van der Waals surface area contributed by atoms with E-state index in [1.807, 2.05) is 24.3 Å². The highest BCUT2D eigenvalue weighted by molar-refractivity contribution is 5.85. The van der Waals surface area contributed by atoms with E-state index in [2.05, 4.69) is 15.4 Å². The van der Waals surface area contributed by atoms with E-state index in [1.165, 1.54) is 4.80 Å². The lowest BCUT2D eigenvalue weighted by molar-refractivity contribution is -0.144. The monoisotopic (exact) mass is 341 g/mol. The Hall–Kier alpha value is -2.19. The number of nitrogens with two attached hydrogens (primary N) is 1. The number of methoxy groups -OCH3 is 1. The molecule has 0 amide bonds. The molecule has 2 N–H and O–H groups in total. The van der Waals surface area contributed by atoms with Gasteiger partial charge in [0.05, 0.1) is 19.8 Å². The number of ether oxygens (including phenoxy) is 2. The molecule has 0 radical (unpaired) electrons. The number of nitrogens with zero attached hydrogens (tertiary/aromatic N) is 4. The highest BCUT2D eigenvalue weighted by Gasteiger charge is 2.15. The molecular weight excluding hydrogens is 322 g/mol. The lowest BCUT2D eigenvalue weighted by Gasteiger charge is -2.07. The van der Waals surface area contributed by atoms with Gasteiger partial charge in [-0.1, -0.05) is 12.1 Å². The van der Waals surface area contributed by atoms with Crippen LogP contribution >= 0.6 is 12.4 Å². The fraction of sp³-hybridized carbons (Fsp3) is 0.429. The molecule has 9 heteroatoms. The Balaban J connectivity index is 0.00000264. The summed E-state index contributed by atoms with van der Waals surface area (Å²) in [5.74, 6) is 0.770. The summed E-state index contributed by atoms with van der Waals surface area (Å²) in [5, 5.41) is 11.8. The van der Waals surface area contributed by atoms with Crippen LogP contribution < -0.4 is 10.5 Å². The zero-order valence-electron chi connectivity index (χ0n) is 13.0. The van der Waals surface area contributed by atoms with Crippen LogP contribution in [0.25, 0.3) is 0 Å². The summed E-state index contributed by atoms with van der Waals surface area (Å²) in [6.45, 7) is 1.98. The number of benzene rings is 1. The second kappa shape index (κ2) is 9.06. The predicted molar refractivity (Wildman–Crippen MR) is 85.3 cm³/mol. The van der Waals surface area contributed by atoms with E-state index >= 15 is 0 Å². The summed E-state index contributed by atoms with van der Waals surface area (Å²) in [5.41, 5.74) is 7.11. The molecule has 2 rings (SSSR count). The first-order valence-corrected chi connectivity index (χ1v) is 6.94. The van der Waals surface area contributed by atoms with Gasteiger partial charge >= 0.3 is 5.97 Å². The Morgan fingerprint density at radius 1 is 1.35 bits per heavy atom. The van der Waals surface area contributed by atoms with Gasteiger partial charge in [-0.15, -0.1) is 22.6 Å². The highest BCUT2D eigenvalue weighted by atomic mass is 35.5. The van der Waals surface area contributed by atoms with Crippen LogP contribution in [0.5, 0.6) is 5.75 Å². The molecule has 23 heavy (non-hydrogen) atoms. The third-order valence-electron chi connectivity index (χ3n) is 2.99. The van der Waals surface area contributed by atoms with Crippen molar-refractivity contribution in [3.63, 3.8) is 0 Å². The van der Waals surface area contributed by atoms with E-state index in [1.54, 1.807) is 14.0 Å². The van der Waals surface area contributed by atoms with Gasteiger partial charge < -0.3 is 15.2 Å². The number of halogens is 1. The van der Waals surface area contributed by atoms with Crippen molar-refractivity contribution in [2.75, 3.05) is 13.7 Å². The van der Waals surface area contributed by atoms with Crippen LogP contribution in [0.2, 0.25) is 0 Å². The van der Waals surface area contributed by atoms with Crippen molar-refractivity contribution in [2.45, 2.75) is 25.9 Å². The number of hydrogen-bond donors (Lipinski definition) is 1. The number of carbonyl (C=O) groups is 1. The summed E-state index contributed by atoms with van der Waals surface area (Å²) >= 11 is 0. The Bertz CT molecular complexity index is 617. The molecule has 0 spiro atoms. The first kappa shape index (κ1) is 18.9. The van der Waals surface area contributed by atoms with Crippen LogP contribution in [0, 0.1) is 0 Å². The van der Waals surface area contributed by atoms with Gasteiger partial charge in [-0.25, -0.2) is 4.79 Å². The lowest BCUT2D eigenvalue weighted by atomic mass is 10.1. The van der Waals surface area contributed by atoms with Crippen LogP contribution in [0.4, 0.5) is 0 Å². The number of rotatable bonds is 7. The standard InChI is InChI=1S/C14H19N5O3.ClH/c1-3-22-13(20)9-19-17-14(16-18-19)12(15)8-10-4-6-11(21-2)7-5-10;/h4-7,12H,3,8-9,15H2,1-2H3;1H/t12-;/m0./s1. The van der Waals surface area contributed by atoms with Gasteiger partial charge in [-0.05, 0) is 36.3 Å². The number of hydrogen-bond acceptors (Lipinski definition) is 7. The maximum Gasteiger partial charge on any atom is 0.329 e. The largest absolute Gasteiger partial charge is 0.497 e. The topological polar surface area (TPSA) is 105 Å². The molecule has 1 aromatic carbocycles. The SMILES string of the molecule is CCOC(=O)Cn1nnc([C@@H](N)Cc2ccc(OC)cc2)n1.Cl. The smallest absolute Gasteiger partial charge is 0.329 e. The first-order valence-electron chi connectivity index (χ1n) is 6.94. The third kappa shape index (κ3) is 5.50. The average molecular weight is 342 g/mol. The molecule has 1 heterocycles. The lowest BCUT2D eigenvalue weighted by Crippen LogP contribution is -2.18. The van der Waals surface area contributed by atoms with Crippen molar-refractivity contribution in [3.05, 3.63) is 35.7 Å². The molecule has 126 valence electrons. The highest BCUT2D eigenvalue weighted by Crippen LogP contribution is 2.16. The zero-order chi connectivity index (χ0) is 15.9. The maximum absolute atomic E-state index is 11.3. The van der Waals surface area contributed by atoms with Crippen LogP contribution in [0.3, 0.4) is 0 Å². The quantitative estimate of drug-likeness (QED) is 0.746. The second-order valence-corrected chi connectivity index (χ2v) is 4.64. The van der Waals surface area contributed by atoms with E-state index in [0.29, 0.717) is 18.9 Å². The van der Waals surface area contributed by atoms with E-state index in [-0.39, 0.29) is 19.0 Å². The fourth-order valence-corrected chi connectivity index (χ4v) is 1.90. The van der Waals surface area contributed by atoms with Gasteiger partial charge in [0, 0.05) is 0 Å². The molecule has 2 aromatic rings. The predicted octanol–water partition coefficient (Wildman–Crippen LogP) is 0.909. The van der Waals surface area contributed by atoms with E-state index in [0.717, 1.165) is 11.3 Å². The zero-order valence-corrected chi connectivity index (χ0v) is 13.8. The Kier molecular flexibility index (Phi) is 7.43. The van der Waals surface area contributed by atoms with Gasteiger partial charge in [0.25, 0.3) is 0 Å². The molecular formula is C14H20ClN5O3. The van der Waals surface area contributed by atoms with E-state index in [4.69, 9.17) is 15.2 Å². The minimum absolute atomic E-state index is 0. The molecule has 8 nitrogen and oxygen atoms in total. The van der Waals surface area contributed by atoms with Crippen LogP contribution in [-0.2, 0) is 22.5 Å². The summed E-state index contributed by atoms with van der Waals surface area (Å²) in [7, 11) is 1.62. The third-order valence-corrected chi connectivity index (χ3v) is 2.99. The average Bonchev–Trinajstić information content (AvgIpc) is 2.97. The Morgan fingerprint density at radius 3 is 2.65 bits per heavy atom. The molecule has 0 bridgehead atoms. The van der Waals surface area contributed by atoms with Gasteiger partial charge in [0.15, 0.2) is 12.4 Å². The normalized spacial score (nSPS) is 11.4. The minimum Gasteiger partial charge on any atom is -0.497 e. The Labute approximate surface area is 140 Å². The summed E-state index contributed by atoms with van der Waals surface area (Å²) in [6.07, 6.45) is 0.565. The van der Waals surface area contributed by atoms with Crippen LogP contribution in [-0.4, -0.2) is 39.9 Å². The van der Waals surface area contributed by atoms with Gasteiger partial charge in [-0.3, -0.25) is 0 Å². The van der Waals surface area contributed by atoms with Gasteiger partial charge in [-0.2, -0.15) is 4.80 Å². The van der Waals surface area contributed by atoms with Crippen molar-refractivity contribution < 1.29 is 14.3 Å². The molecule has 0 aliphatic rings. The molecule has 0 aliphatic carbocycles. The fourth-order valence-electron chi connectivity index (χ4n) is 1.90. The molecule has 1 aromatic heterocycles. The van der Waals surface area contributed by atoms with Crippen molar-refractivity contribution in [1.29, 1.82) is 0 Å². The molecule has 0 aliphatic heterocycles. The minimum atomic E-state index is -0.407. The molecule has 0 saturated carbocycles. The number of esters is 1. The van der Waals surface area contributed by atoms with Gasteiger partial charge in [0.1, 0.15) is 5.75 Å².